The maximum Gasteiger partial charge on any atom is 0.328 e. The third-order valence-electron chi connectivity index (χ3n) is 3.04. The van der Waals surface area contributed by atoms with Crippen LogP contribution in [0.5, 0.6) is 0 Å². The molecule has 104 valence electrons. The molecule has 2 aromatic rings. The number of Topliss-reactive ketones (excluding diaryl/α,β-unsaturated/α-hetero) is 1. The monoisotopic (exact) mass is 273 g/mol. The molecule has 1 aromatic heterocycles. The van der Waals surface area contributed by atoms with Gasteiger partial charge in [0.1, 0.15) is 5.69 Å². The maximum absolute atomic E-state index is 11.7. The Bertz CT molecular complexity index is 634. The van der Waals surface area contributed by atoms with Gasteiger partial charge in [0, 0.05) is 12.5 Å². The van der Waals surface area contributed by atoms with E-state index in [0.717, 1.165) is 5.56 Å². The first-order chi connectivity index (χ1) is 9.56. The summed E-state index contributed by atoms with van der Waals surface area (Å²) in [7, 11) is 0. The van der Waals surface area contributed by atoms with Gasteiger partial charge in [-0.05, 0) is 6.42 Å². The molecule has 6 heteroatoms. The Labute approximate surface area is 116 Å². The summed E-state index contributed by atoms with van der Waals surface area (Å²) >= 11 is 0. The summed E-state index contributed by atoms with van der Waals surface area (Å²) in [6.45, 7) is 3.14. The molecule has 0 aliphatic heterocycles. The molecule has 0 saturated heterocycles. The van der Waals surface area contributed by atoms with Gasteiger partial charge >= 0.3 is 5.97 Å². The molecule has 1 aromatic carbocycles. The van der Waals surface area contributed by atoms with Crippen molar-refractivity contribution in [2.24, 2.45) is 0 Å². The van der Waals surface area contributed by atoms with Gasteiger partial charge in [0.25, 0.3) is 0 Å². The molecule has 0 aliphatic rings. The van der Waals surface area contributed by atoms with Crippen LogP contribution >= 0.6 is 0 Å². The van der Waals surface area contributed by atoms with Crippen LogP contribution in [-0.2, 0) is 4.79 Å². The molecule has 1 atom stereocenters. The average molecular weight is 273 g/mol. The van der Waals surface area contributed by atoms with E-state index < -0.39 is 12.0 Å². The van der Waals surface area contributed by atoms with Gasteiger partial charge in [0.2, 0.25) is 0 Å². The molecule has 0 radical (unpaired) electrons. The number of benzene rings is 1. The number of carboxylic acid groups (broad SMARTS) is 1. The summed E-state index contributed by atoms with van der Waals surface area (Å²) in [5.74, 6) is -1.24. The predicted molar refractivity (Wildman–Crippen MR) is 72.4 cm³/mol. The second kappa shape index (κ2) is 5.64. The van der Waals surface area contributed by atoms with Gasteiger partial charge in [-0.2, -0.15) is 0 Å². The molecule has 1 heterocycles. The Kier molecular flexibility index (Phi) is 3.93. The minimum atomic E-state index is -0.996. The molecule has 6 nitrogen and oxygen atoms in total. The molecule has 2 rings (SSSR count). The van der Waals surface area contributed by atoms with Crippen molar-refractivity contribution in [3.63, 3.8) is 0 Å². The predicted octanol–water partition coefficient (Wildman–Crippen LogP) is 2.18. The maximum atomic E-state index is 11.7. The number of carbonyl (C=O) groups is 2. The van der Waals surface area contributed by atoms with Gasteiger partial charge in [-0.3, -0.25) is 4.79 Å². The molecule has 0 bridgehead atoms. The van der Waals surface area contributed by atoms with Gasteiger partial charge in [-0.15, -0.1) is 5.10 Å². The molecule has 1 N–H and O–H groups in total. The van der Waals surface area contributed by atoms with Crippen molar-refractivity contribution in [1.82, 2.24) is 15.0 Å². The molecule has 0 saturated carbocycles. The van der Waals surface area contributed by atoms with Crippen LogP contribution in [0.15, 0.2) is 30.3 Å². The third kappa shape index (κ3) is 2.45. The SMILES string of the molecule is CCC(C(=O)O)n1nnc(C(C)=O)c1-c1ccccc1. The standard InChI is InChI=1S/C14H15N3O3/c1-3-11(14(19)20)17-13(10-7-5-4-6-8-10)12(9(2)18)15-16-17/h4-8,11H,3H2,1-2H3,(H,19,20). The summed E-state index contributed by atoms with van der Waals surface area (Å²) in [5, 5.41) is 17.0. The summed E-state index contributed by atoms with van der Waals surface area (Å²) in [4.78, 5) is 23.0. The minimum absolute atomic E-state index is 0.191. The van der Waals surface area contributed by atoms with Gasteiger partial charge in [0.15, 0.2) is 17.5 Å². The lowest BCUT2D eigenvalue weighted by molar-refractivity contribution is -0.141. The number of hydrogen-bond acceptors (Lipinski definition) is 4. The number of rotatable bonds is 5. The Balaban J connectivity index is 2.65. The molecule has 1 unspecified atom stereocenters. The topological polar surface area (TPSA) is 85.1 Å². The summed E-state index contributed by atoms with van der Waals surface area (Å²) < 4.78 is 1.31. The Hall–Kier alpha value is -2.50. The van der Waals surface area contributed by atoms with Crippen molar-refractivity contribution >= 4 is 11.8 Å². The highest BCUT2D eigenvalue weighted by molar-refractivity contribution is 5.98. The average Bonchev–Trinajstić information content (AvgIpc) is 2.85. The van der Waals surface area contributed by atoms with E-state index in [9.17, 15) is 14.7 Å². The molecular weight excluding hydrogens is 258 g/mol. The number of aliphatic carboxylic acids is 1. The van der Waals surface area contributed by atoms with Gasteiger partial charge in [-0.25, -0.2) is 9.48 Å². The van der Waals surface area contributed by atoms with E-state index in [1.165, 1.54) is 11.6 Å². The second-order valence-electron chi connectivity index (χ2n) is 4.42. The van der Waals surface area contributed by atoms with E-state index in [4.69, 9.17) is 0 Å². The largest absolute Gasteiger partial charge is 0.480 e. The molecule has 20 heavy (non-hydrogen) atoms. The lowest BCUT2D eigenvalue weighted by Gasteiger charge is -2.13. The van der Waals surface area contributed by atoms with Crippen LogP contribution in [0.1, 0.15) is 36.8 Å². The molecule has 0 aliphatic carbocycles. The van der Waals surface area contributed by atoms with E-state index in [1.54, 1.807) is 19.1 Å². The number of carboxylic acids is 1. The van der Waals surface area contributed by atoms with E-state index >= 15 is 0 Å². The van der Waals surface area contributed by atoms with Crippen LogP contribution in [0.3, 0.4) is 0 Å². The smallest absolute Gasteiger partial charge is 0.328 e. The quantitative estimate of drug-likeness (QED) is 0.844. The first kappa shape index (κ1) is 13.9. The fourth-order valence-electron chi connectivity index (χ4n) is 2.07. The molecule has 0 spiro atoms. The van der Waals surface area contributed by atoms with Crippen LogP contribution < -0.4 is 0 Å². The van der Waals surface area contributed by atoms with Crippen LogP contribution in [-0.4, -0.2) is 31.9 Å². The Morgan fingerprint density at radius 1 is 1.30 bits per heavy atom. The van der Waals surface area contributed by atoms with E-state index in [1.807, 2.05) is 18.2 Å². The number of nitrogens with zero attached hydrogens (tertiary/aromatic N) is 3. The molecule has 0 fully saturated rings. The summed E-state index contributed by atoms with van der Waals surface area (Å²) in [6.07, 6.45) is 0.357. The Morgan fingerprint density at radius 2 is 1.95 bits per heavy atom. The second-order valence-corrected chi connectivity index (χ2v) is 4.42. The lowest BCUT2D eigenvalue weighted by atomic mass is 10.1. The number of ketones is 1. The third-order valence-corrected chi connectivity index (χ3v) is 3.04. The van der Waals surface area contributed by atoms with Crippen LogP contribution in [0.2, 0.25) is 0 Å². The normalized spacial score (nSPS) is 12.1. The first-order valence-electron chi connectivity index (χ1n) is 6.30. The van der Waals surface area contributed by atoms with E-state index in [2.05, 4.69) is 10.3 Å². The van der Waals surface area contributed by atoms with Crippen molar-refractivity contribution in [1.29, 1.82) is 0 Å². The highest BCUT2D eigenvalue weighted by Gasteiger charge is 2.26. The molecular formula is C14H15N3O3. The summed E-state index contributed by atoms with van der Waals surface area (Å²) in [6, 6.07) is 8.24. The molecule has 0 amide bonds. The van der Waals surface area contributed by atoms with Gasteiger partial charge in [0.05, 0.1) is 0 Å². The van der Waals surface area contributed by atoms with Gasteiger partial charge in [-0.1, -0.05) is 42.5 Å². The number of hydrogen-bond donors (Lipinski definition) is 1. The van der Waals surface area contributed by atoms with Crippen LogP contribution in [0, 0.1) is 0 Å². The fourth-order valence-corrected chi connectivity index (χ4v) is 2.07. The number of carbonyl (C=O) groups excluding carboxylic acids is 1. The zero-order valence-corrected chi connectivity index (χ0v) is 11.3. The van der Waals surface area contributed by atoms with Crippen LogP contribution in [0.4, 0.5) is 0 Å². The summed E-state index contributed by atoms with van der Waals surface area (Å²) in [5.41, 5.74) is 1.37. The van der Waals surface area contributed by atoms with Crippen molar-refractivity contribution < 1.29 is 14.7 Å². The van der Waals surface area contributed by atoms with E-state index in [0.29, 0.717) is 12.1 Å². The first-order valence-corrected chi connectivity index (χ1v) is 6.30. The van der Waals surface area contributed by atoms with E-state index in [-0.39, 0.29) is 11.5 Å². The Morgan fingerprint density at radius 3 is 2.45 bits per heavy atom. The van der Waals surface area contributed by atoms with Crippen LogP contribution in [0.25, 0.3) is 11.3 Å². The van der Waals surface area contributed by atoms with Crippen molar-refractivity contribution in [2.45, 2.75) is 26.3 Å². The van der Waals surface area contributed by atoms with Crippen molar-refractivity contribution in [2.75, 3.05) is 0 Å². The lowest BCUT2D eigenvalue weighted by Crippen LogP contribution is -2.20. The zero-order valence-electron chi connectivity index (χ0n) is 11.3. The van der Waals surface area contributed by atoms with Crippen molar-refractivity contribution in [3.8, 4) is 11.3 Å². The zero-order chi connectivity index (χ0) is 14.7. The van der Waals surface area contributed by atoms with Crippen molar-refractivity contribution in [3.05, 3.63) is 36.0 Å². The highest BCUT2D eigenvalue weighted by atomic mass is 16.4. The fraction of sp³-hybridized carbons (Fsp3) is 0.286. The highest BCUT2D eigenvalue weighted by Crippen LogP contribution is 2.26. The number of aromatic nitrogens is 3. The van der Waals surface area contributed by atoms with Gasteiger partial charge < -0.3 is 5.11 Å². The minimum Gasteiger partial charge on any atom is -0.480 e.